The predicted molar refractivity (Wildman–Crippen MR) is 192 cm³/mol. The van der Waals surface area contributed by atoms with Gasteiger partial charge in [-0.05, 0) is 78.6 Å². The summed E-state index contributed by atoms with van der Waals surface area (Å²) in [5, 5.41) is 16.3. The molecule has 6 aromatic carbocycles. The Morgan fingerprint density at radius 3 is 2.17 bits per heavy atom. The first-order valence-electron chi connectivity index (χ1n) is 16.1. The highest BCUT2D eigenvalue weighted by Crippen LogP contribution is 2.41. The monoisotopic (exact) mass is 601 g/mol. The summed E-state index contributed by atoms with van der Waals surface area (Å²) < 4.78 is 11.0. The maximum atomic E-state index is 10.4. The SMILES string of the molecule is N#Cc1cccc(-n2c3ccccc3c3cc4c(cc32)oc2ccccc24)c1-c1ccc(-n2c3c(c4ccccc42)CCC=C3)cc1. The number of furan rings is 1. The number of hydrogen-bond acceptors (Lipinski definition) is 2. The van der Waals surface area contributed by atoms with E-state index in [1.165, 1.54) is 22.2 Å². The lowest BCUT2D eigenvalue weighted by molar-refractivity contribution is 0.669. The molecule has 0 amide bonds. The number of rotatable bonds is 3. The molecule has 9 aromatic rings. The topological polar surface area (TPSA) is 46.8 Å². The van der Waals surface area contributed by atoms with E-state index < -0.39 is 0 Å². The smallest absolute Gasteiger partial charge is 0.137 e. The van der Waals surface area contributed by atoms with Gasteiger partial charge in [-0.3, -0.25) is 0 Å². The fourth-order valence-corrected chi connectivity index (χ4v) is 7.81. The lowest BCUT2D eigenvalue weighted by Crippen LogP contribution is -2.01. The Kier molecular flexibility index (Phi) is 5.44. The van der Waals surface area contributed by atoms with Crippen LogP contribution in [0.25, 0.3) is 83.2 Å². The second kappa shape index (κ2) is 9.84. The second-order valence-corrected chi connectivity index (χ2v) is 12.3. The van der Waals surface area contributed by atoms with Crippen molar-refractivity contribution in [3.05, 3.63) is 150 Å². The van der Waals surface area contributed by atoms with Crippen LogP contribution in [-0.2, 0) is 6.42 Å². The van der Waals surface area contributed by atoms with Gasteiger partial charge in [0, 0.05) is 49.9 Å². The molecule has 0 radical (unpaired) electrons. The van der Waals surface area contributed by atoms with Crippen LogP contribution in [0.15, 0.2) is 138 Å². The zero-order valence-electron chi connectivity index (χ0n) is 25.4. The Balaban J connectivity index is 1.21. The van der Waals surface area contributed by atoms with E-state index in [0.717, 1.165) is 79.1 Å². The number of aromatic nitrogens is 2. The van der Waals surface area contributed by atoms with Crippen molar-refractivity contribution in [3.63, 3.8) is 0 Å². The minimum absolute atomic E-state index is 0.637. The summed E-state index contributed by atoms with van der Waals surface area (Å²) in [5.74, 6) is 0. The molecule has 4 nitrogen and oxygen atoms in total. The van der Waals surface area contributed by atoms with Gasteiger partial charge in [-0.1, -0.05) is 78.9 Å². The number of nitrogens with zero attached hydrogens (tertiary/aromatic N) is 3. The van der Waals surface area contributed by atoms with Crippen LogP contribution < -0.4 is 0 Å². The van der Waals surface area contributed by atoms with E-state index in [9.17, 15) is 5.26 Å². The number of aryl methyl sites for hydroxylation is 1. The third-order valence-electron chi connectivity index (χ3n) is 9.85. The molecule has 0 saturated carbocycles. The molecule has 0 N–H and O–H groups in total. The minimum atomic E-state index is 0.637. The number of hydrogen-bond donors (Lipinski definition) is 0. The number of fused-ring (bicyclic) bond motifs is 9. The highest BCUT2D eigenvalue weighted by molar-refractivity contribution is 6.17. The Labute approximate surface area is 270 Å². The van der Waals surface area contributed by atoms with Gasteiger partial charge in [0.2, 0.25) is 0 Å². The molecule has 1 aliphatic carbocycles. The van der Waals surface area contributed by atoms with E-state index in [1.807, 2.05) is 24.3 Å². The van der Waals surface area contributed by atoms with Crippen molar-refractivity contribution < 1.29 is 4.42 Å². The van der Waals surface area contributed by atoms with Crippen molar-refractivity contribution in [3.8, 4) is 28.6 Å². The molecule has 47 heavy (non-hydrogen) atoms. The Hall–Kier alpha value is -6.31. The van der Waals surface area contributed by atoms with Gasteiger partial charge in [0.05, 0.1) is 33.9 Å². The van der Waals surface area contributed by atoms with E-state index in [1.54, 1.807) is 0 Å². The molecule has 0 saturated heterocycles. The van der Waals surface area contributed by atoms with Gasteiger partial charge in [-0.15, -0.1) is 0 Å². The normalized spacial score (nSPS) is 12.8. The average molecular weight is 602 g/mol. The Morgan fingerprint density at radius 1 is 0.596 bits per heavy atom. The molecule has 220 valence electrons. The zero-order chi connectivity index (χ0) is 31.1. The van der Waals surface area contributed by atoms with Crippen LogP contribution in [-0.4, -0.2) is 9.13 Å². The van der Waals surface area contributed by atoms with E-state index in [0.29, 0.717) is 5.56 Å². The van der Waals surface area contributed by atoms with Crippen molar-refractivity contribution in [2.75, 3.05) is 0 Å². The summed E-state index contributed by atoms with van der Waals surface area (Å²) in [6.45, 7) is 0. The van der Waals surface area contributed by atoms with Crippen molar-refractivity contribution in [1.29, 1.82) is 5.26 Å². The summed E-state index contributed by atoms with van der Waals surface area (Å²) in [6.07, 6.45) is 6.65. The van der Waals surface area contributed by atoms with Crippen LogP contribution in [0.5, 0.6) is 0 Å². The molecule has 0 fully saturated rings. The van der Waals surface area contributed by atoms with Crippen LogP contribution in [0.2, 0.25) is 0 Å². The fourth-order valence-electron chi connectivity index (χ4n) is 7.81. The predicted octanol–water partition coefficient (Wildman–Crippen LogP) is 11.1. The maximum Gasteiger partial charge on any atom is 0.137 e. The molecule has 0 aliphatic heterocycles. The molecule has 4 heteroatoms. The minimum Gasteiger partial charge on any atom is -0.456 e. The quantitative estimate of drug-likeness (QED) is 0.202. The van der Waals surface area contributed by atoms with Gasteiger partial charge < -0.3 is 13.6 Å². The molecule has 3 heterocycles. The first-order chi connectivity index (χ1) is 23.3. The molecular weight excluding hydrogens is 574 g/mol. The van der Waals surface area contributed by atoms with Gasteiger partial charge >= 0.3 is 0 Å². The summed E-state index contributed by atoms with van der Waals surface area (Å²) in [7, 11) is 0. The molecule has 10 rings (SSSR count). The van der Waals surface area contributed by atoms with Gasteiger partial charge in [-0.2, -0.15) is 5.26 Å². The lowest BCUT2D eigenvalue weighted by atomic mass is 9.97. The van der Waals surface area contributed by atoms with Crippen LogP contribution in [0.3, 0.4) is 0 Å². The Morgan fingerprint density at radius 2 is 1.34 bits per heavy atom. The van der Waals surface area contributed by atoms with Crippen LogP contribution >= 0.6 is 0 Å². The van der Waals surface area contributed by atoms with E-state index in [2.05, 4.69) is 130 Å². The summed E-state index contributed by atoms with van der Waals surface area (Å²) in [6, 6.07) is 47.0. The summed E-state index contributed by atoms with van der Waals surface area (Å²) >= 11 is 0. The van der Waals surface area contributed by atoms with Crippen LogP contribution in [0.1, 0.15) is 23.2 Å². The van der Waals surface area contributed by atoms with Gasteiger partial charge in [0.1, 0.15) is 11.2 Å². The van der Waals surface area contributed by atoms with Gasteiger partial charge in [0.25, 0.3) is 0 Å². The third-order valence-corrected chi connectivity index (χ3v) is 9.85. The first kappa shape index (κ1) is 26.0. The molecule has 0 atom stereocenters. The van der Waals surface area contributed by atoms with Crippen molar-refractivity contribution in [2.45, 2.75) is 12.8 Å². The van der Waals surface area contributed by atoms with E-state index in [4.69, 9.17) is 4.42 Å². The van der Waals surface area contributed by atoms with Crippen LogP contribution in [0.4, 0.5) is 0 Å². The maximum absolute atomic E-state index is 10.4. The van der Waals surface area contributed by atoms with Gasteiger partial charge in [0.15, 0.2) is 0 Å². The lowest BCUT2D eigenvalue weighted by Gasteiger charge is -2.17. The van der Waals surface area contributed by atoms with E-state index in [-0.39, 0.29) is 0 Å². The number of allylic oxidation sites excluding steroid dienone is 1. The molecule has 0 unspecified atom stereocenters. The van der Waals surface area contributed by atoms with Gasteiger partial charge in [-0.25, -0.2) is 0 Å². The number of nitriles is 1. The standard InChI is InChI=1S/C43H27N3O/c44-26-28-10-9-18-39(43(28)27-20-22-29(23-21-27)45-36-15-5-1-11-30(36)31-12-2-6-16-37(31)45)46-38-17-7-3-13-32(38)34-24-35-33-14-4-8-19-41(33)47-42(35)25-40(34)46/h1,3-11,13-25H,2,12H2. The van der Waals surface area contributed by atoms with E-state index >= 15 is 0 Å². The summed E-state index contributed by atoms with van der Waals surface area (Å²) in [5.41, 5.74) is 12.4. The number of benzene rings is 6. The molecule has 1 aliphatic rings. The number of para-hydroxylation sites is 3. The molecule has 3 aromatic heterocycles. The van der Waals surface area contributed by atoms with Crippen molar-refractivity contribution in [2.24, 2.45) is 0 Å². The van der Waals surface area contributed by atoms with Crippen molar-refractivity contribution in [1.82, 2.24) is 9.13 Å². The molecule has 0 bridgehead atoms. The average Bonchev–Trinajstić information content (AvgIpc) is 3.77. The fraction of sp³-hybridized carbons (Fsp3) is 0.0465. The molecule has 0 spiro atoms. The first-order valence-corrected chi connectivity index (χ1v) is 16.1. The van der Waals surface area contributed by atoms with Crippen LogP contribution in [0, 0.1) is 11.3 Å². The zero-order valence-corrected chi connectivity index (χ0v) is 25.4. The highest BCUT2D eigenvalue weighted by Gasteiger charge is 2.21. The highest BCUT2D eigenvalue weighted by atomic mass is 16.3. The third kappa shape index (κ3) is 3.69. The Bertz CT molecular complexity index is 2800. The van der Waals surface area contributed by atoms with Crippen molar-refractivity contribution >= 4 is 60.7 Å². The second-order valence-electron chi connectivity index (χ2n) is 12.3. The molecular formula is C43H27N3O. The largest absolute Gasteiger partial charge is 0.456 e. The summed E-state index contributed by atoms with van der Waals surface area (Å²) in [4.78, 5) is 0.